The van der Waals surface area contributed by atoms with Gasteiger partial charge in [0.05, 0.1) is 13.2 Å². The summed E-state index contributed by atoms with van der Waals surface area (Å²) in [4.78, 5) is 0. The van der Waals surface area contributed by atoms with Crippen LogP contribution >= 0.6 is 0 Å². The zero-order chi connectivity index (χ0) is 14.7. The summed E-state index contributed by atoms with van der Waals surface area (Å²) in [5.41, 5.74) is 6.83. The maximum absolute atomic E-state index is 5.67. The molecular formula is C16H20N4O. The standard InChI is InChI=1S/C16H20N4O/c1-2-11-21-14-3-4-15-13(12-14)5-7-19(15)9-10-20-8-6-16(17)18-20/h3-8,12H,2,9-11H2,1H3,(H2,17,18). The average molecular weight is 284 g/mol. The molecule has 2 N–H and O–H groups in total. The molecule has 0 aliphatic heterocycles. The third-order valence-electron chi connectivity index (χ3n) is 3.45. The summed E-state index contributed by atoms with van der Waals surface area (Å²) < 4.78 is 9.75. The van der Waals surface area contributed by atoms with Crippen LogP contribution in [0, 0.1) is 0 Å². The van der Waals surface area contributed by atoms with Gasteiger partial charge in [0.15, 0.2) is 0 Å². The van der Waals surface area contributed by atoms with Crippen molar-refractivity contribution in [2.75, 3.05) is 12.3 Å². The first-order valence-electron chi connectivity index (χ1n) is 7.27. The highest BCUT2D eigenvalue weighted by molar-refractivity contribution is 5.81. The van der Waals surface area contributed by atoms with E-state index in [1.165, 1.54) is 10.9 Å². The molecule has 0 atom stereocenters. The highest BCUT2D eigenvalue weighted by atomic mass is 16.5. The molecule has 21 heavy (non-hydrogen) atoms. The number of nitrogens with zero attached hydrogens (tertiary/aromatic N) is 3. The molecule has 2 aromatic heterocycles. The van der Waals surface area contributed by atoms with Crippen LogP contribution in [-0.2, 0) is 13.1 Å². The summed E-state index contributed by atoms with van der Waals surface area (Å²) in [5.74, 6) is 1.49. The third kappa shape index (κ3) is 3.02. The molecule has 0 aliphatic carbocycles. The molecule has 2 heterocycles. The molecule has 0 aliphatic rings. The van der Waals surface area contributed by atoms with Crippen LogP contribution in [0.4, 0.5) is 5.82 Å². The van der Waals surface area contributed by atoms with Crippen molar-refractivity contribution in [3.63, 3.8) is 0 Å². The molecule has 110 valence electrons. The normalized spacial score (nSPS) is 11.1. The van der Waals surface area contributed by atoms with E-state index in [9.17, 15) is 0 Å². The number of aryl methyl sites for hydroxylation is 2. The first-order chi connectivity index (χ1) is 10.3. The summed E-state index contributed by atoms with van der Waals surface area (Å²) >= 11 is 0. The van der Waals surface area contributed by atoms with Crippen molar-refractivity contribution in [3.05, 3.63) is 42.7 Å². The Balaban J connectivity index is 1.74. The van der Waals surface area contributed by atoms with E-state index in [1.807, 2.05) is 23.0 Å². The van der Waals surface area contributed by atoms with Crippen molar-refractivity contribution in [3.8, 4) is 5.75 Å². The summed E-state index contributed by atoms with van der Waals surface area (Å²) in [6.07, 6.45) is 5.02. The van der Waals surface area contributed by atoms with E-state index in [-0.39, 0.29) is 0 Å². The molecule has 0 unspecified atom stereocenters. The number of aromatic nitrogens is 3. The van der Waals surface area contributed by atoms with Crippen molar-refractivity contribution in [2.24, 2.45) is 0 Å². The average Bonchev–Trinajstić information content (AvgIpc) is 3.08. The van der Waals surface area contributed by atoms with Gasteiger partial charge in [0.2, 0.25) is 0 Å². The van der Waals surface area contributed by atoms with Crippen LogP contribution in [0.2, 0.25) is 0 Å². The maximum atomic E-state index is 5.67. The van der Waals surface area contributed by atoms with Gasteiger partial charge in [-0.25, -0.2) is 0 Å². The lowest BCUT2D eigenvalue weighted by molar-refractivity contribution is 0.318. The highest BCUT2D eigenvalue weighted by Gasteiger charge is 2.03. The molecule has 0 fully saturated rings. The fraction of sp³-hybridized carbons (Fsp3) is 0.312. The van der Waals surface area contributed by atoms with Crippen molar-refractivity contribution >= 4 is 16.7 Å². The summed E-state index contributed by atoms with van der Waals surface area (Å²) in [6.45, 7) is 4.53. The minimum absolute atomic E-state index is 0.560. The largest absolute Gasteiger partial charge is 0.494 e. The molecule has 0 saturated carbocycles. The van der Waals surface area contributed by atoms with E-state index in [0.717, 1.165) is 31.9 Å². The van der Waals surface area contributed by atoms with Crippen molar-refractivity contribution in [1.29, 1.82) is 0 Å². The number of benzene rings is 1. The van der Waals surface area contributed by atoms with Crippen LogP contribution in [0.25, 0.3) is 10.9 Å². The predicted octanol–water partition coefficient (Wildman–Crippen LogP) is 2.91. The van der Waals surface area contributed by atoms with E-state index in [2.05, 4.69) is 41.0 Å². The zero-order valence-electron chi connectivity index (χ0n) is 12.2. The lowest BCUT2D eigenvalue weighted by Crippen LogP contribution is -2.07. The Morgan fingerprint density at radius 1 is 1.14 bits per heavy atom. The van der Waals surface area contributed by atoms with E-state index < -0.39 is 0 Å². The molecule has 0 bridgehead atoms. The fourth-order valence-corrected chi connectivity index (χ4v) is 2.40. The lowest BCUT2D eigenvalue weighted by atomic mass is 10.2. The van der Waals surface area contributed by atoms with Gasteiger partial charge in [-0.3, -0.25) is 4.68 Å². The molecule has 0 radical (unpaired) electrons. The van der Waals surface area contributed by atoms with Gasteiger partial charge in [-0.05, 0) is 36.8 Å². The van der Waals surface area contributed by atoms with Crippen molar-refractivity contribution in [1.82, 2.24) is 14.3 Å². The van der Waals surface area contributed by atoms with Crippen LogP contribution in [0.15, 0.2) is 42.7 Å². The molecule has 0 saturated heterocycles. The molecule has 3 rings (SSSR count). The number of hydrogen-bond donors (Lipinski definition) is 1. The molecule has 3 aromatic rings. The summed E-state index contributed by atoms with van der Waals surface area (Å²) in [7, 11) is 0. The van der Waals surface area contributed by atoms with Gasteiger partial charge in [0.25, 0.3) is 0 Å². The highest BCUT2D eigenvalue weighted by Crippen LogP contribution is 2.22. The Morgan fingerprint density at radius 2 is 2.05 bits per heavy atom. The van der Waals surface area contributed by atoms with Gasteiger partial charge in [0.1, 0.15) is 11.6 Å². The van der Waals surface area contributed by atoms with Gasteiger partial charge in [-0.2, -0.15) is 5.10 Å². The molecule has 1 aromatic carbocycles. The monoisotopic (exact) mass is 284 g/mol. The van der Waals surface area contributed by atoms with Crippen LogP contribution in [0.1, 0.15) is 13.3 Å². The number of ether oxygens (including phenoxy) is 1. The van der Waals surface area contributed by atoms with E-state index in [1.54, 1.807) is 0 Å². The smallest absolute Gasteiger partial charge is 0.145 e. The summed E-state index contributed by atoms with van der Waals surface area (Å²) in [6, 6.07) is 10.2. The second kappa shape index (κ2) is 5.91. The van der Waals surface area contributed by atoms with Gasteiger partial charge in [-0.15, -0.1) is 0 Å². The van der Waals surface area contributed by atoms with Crippen LogP contribution in [0.5, 0.6) is 5.75 Å². The number of fused-ring (bicyclic) bond motifs is 1. The molecule has 0 amide bonds. The van der Waals surface area contributed by atoms with Crippen molar-refractivity contribution < 1.29 is 4.74 Å². The van der Waals surface area contributed by atoms with Crippen LogP contribution in [-0.4, -0.2) is 21.0 Å². The molecule has 0 spiro atoms. The second-order valence-corrected chi connectivity index (χ2v) is 5.08. The number of nitrogen functional groups attached to an aromatic ring is 1. The minimum Gasteiger partial charge on any atom is -0.494 e. The Hall–Kier alpha value is -2.43. The first-order valence-corrected chi connectivity index (χ1v) is 7.27. The third-order valence-corrected chi connectivity index (χ3v) is 3.45. The number of nitrogens with two attached hydrogens (primary N) is 1. The number of anilines is 1. The maximum Gasteiger partial charge on any atom is 0.145 e. The van der Waals surface area contributed by atoms with Gasteiger partial charge >= 0.3 is 0 Å². The Labute approximate surface area is 123 Å². The number of rotatable bonds is 6. The molecule has 5 nitrogen and oxygen atoms in total. The minimum atomic E-state index is 0.560. The topological polar surface area (TPSA) is 58.0 Å². The van der Waals surface area contributed by atoms with Gasteiger partial charge in [-0.1, -0.05) is 6.92 Å². The SMILES string of the molecule is CCCOc1ccc2c(ccn2CCn2ccc(N)n2)c1. The van der Waals surface area contributed by atoms with Crippen molar-refractivity contribution in [2.45, 2.75) is 26.4 Å². The second-order valence-electron chi connectivity index (χ2n) is 5.08. The Bertz CT molecular complexity index is 729. The van der Waals surface area contributed by atoms with Gasteiger partial charge < -0.3 is 15.0 Å². The molecule has 5 heteroatoms. The number of hydrogen-bond acceptors (Lipinski definition) is 3. The Morgan fingerprint density at radius 3 is 2.81 bits per heavy atom. The lowest BCUT2D eigenvalue weighted by Gasteiger charge is -2.07. The fourth-order valence-electron chi connectivity index (χ4n) is 2.40. The molecular weight excluding hydrogens is 264 g/mol. The Kier molecular flexibility index (Phi) is 3.81. The first kappa shape index (κ1) is 13.5. The zero-order valence-corrected chi connectivity index (χ0v) is 12.2. The quantitative estimate of drug-likeness (QED) is 0.757. The predicted molar refractivity (Wildman–Crippen MR) is 84.4 cm³/mol. The van der Waals surface area contributed by atoms with E-state index in [0.29, 0.717) is 5.82 Å². The van der Waals surface area contributed by atoms with Crippen LogP contribution < -0.4 is 10.5 Å². The van der Waals surface area contributed by atoms with E-state index in [4.69, 9.17) is 10.5 Å². The summed E-state index contributed by atoms with van der Waals surface area (Å²) in [5, 5.41) is 5.40. The van der Waals surface area contributed by atoms with E-state index >= 15 is 0 Å². The van der Waals surface area contributed by atoms with Gasteiger partial charge in [0, 0.05) is 29.8 Å². The van der Waals surface area contributed by atoms with Crippen LogP contribution in [0.3, 0.4) is 0 Å².